The summed E-state index contributed by atoms with van der Waals surface area (Å²) >= 11 is 3.32. The van der Waals surface area contributed by atoms with Crippen LogP contribution in [0, 0.1) is 0 Å². The standard InChI is InChI=1S/C11H12BrN3OS/c12-9-2-3-11(10(13)8-9)17(16)7-6-15-5-1-4-14-15/h1-5,8H,6-7,13H2. The summed E-state index contributed by atoms with van der Waals surface area (Å²) in [4.78, 5) is 0.681. The Morgan fingerprint density at radius 3 is 2.94 bits per heavy atom. The summed E-state index contributed by atoms with van der Waals surface area (Å²) in [5, 5.41) is 4.06. The summed E-state index contributed by atoms with van der Waals surface area (Å²) in [5.74, 6) is 0.507. The van der Waals surface area contributed by atoms with Crippen molar-refractivity contribution in [2.45, 2.75) is 11.4 Å². The molecule has 17 heavy (non-hydrogen) atoms. The van der Waals surface area contributed by atoms with Gasteiger partial charge in [-0.25, -0.2) is 0 Å². The fourth-order valence-corrected chi connectivity index (χ4v) is 2.94. The fraction of sp³-hybridized carbons (Fsp3) is 0.182. The van der Waals surface area contributed by atoms with E-state index in [0.717, 1.165) is 4.47 Å². The van der Waals surface area contributed by atoms with Crippen LogP contribution in [0.2, 0.25) is 0 Å². The van der Waals surface area contributed by atoms with Gasteiger partial charge < -0.3 is 5.73 Å². The minimum absolute atomic E-state index is 0.507. The molecule has 0 radical (unpaired) electrons. The van der Waals surface area contributed by atoms with E-state index in [0.29, 0.717) is 22.9 Å². The zero-order chi connectivity index (χ0) is 12.3. The number of aromatic nitrogens is 2. The molecule has 2 rings (SSSR count). The lowest BCUT2D eigenvalue weighted by molar-refractivity contribution is 0.644. The Morgan fingerprint density at radius 2 is 2.29 bits per heavy atom. The van der Waals surface area contributed by atoms with Crippen molar-refractivity contribution in [3.05, 3.63) is 41.1 Å². The second-order valence-corrected chi connectivity index (χ2v) is 5.96. The molecule has 0 aliphatic heterocycles. The molecule has 4 nitrogen and oxygen atoms in total. The molecule has 6 heteroatoms. The average molecular weight is 314 g/mol. The first-order chi connectivity index (χ1) is 8.16. The Labute approximate surface area is 110 Å². The molecule has 0 saturated carbocycles. The van der Waals surface area contributed by atoms with Crippen LogP contribution in [0.15, 0.2) is 46.0 Å². The van der Waals surface area contributed by atoms with Crippen molar-refractivity contribution >= 4 is 32.4 Å². The molecule has 0 fully saturated rings. The number of hydrogen-bond acceptors (Lipinski definition) is 3. The van der Waals surface area contributed by atoms with E-state index in [2.05, 4.69) is 21.0 Å². The molecule has 0 aliphatic carbocycles. The quantitative estimate of drug-likeness (QED) is 0.879. The molecule has 2 aromatic rings. The van der Waals surface area contributed by atoms with E-state index in [-0.39, 0.29) is 0 Å². The van der Waals surface area contributed by atoms with E-state index in [1.54, 1.807) is 23.0 Å². The molecule has 0 spiro atoms. The minimum atomic E-state index is -1.09. The molecule has 0 bridgehead atoms. The summed E-state index contributed by atoms with van der Waals surface area (Å²) in [6.07, 6.45) is 3.55. The first kappa shape index (κ1) is 12.3. The highest BCUT2D eigenvalue weighted by atomic mass is 79.9. The third-order valence-electron chi connectivity index (χ3n) is 2.28. The van der Waals surface area contributed by atoms with E-state index in [9.17, 15) is 4.21 Å². The number of halogens is 1. The summed E-state index contributed by atoms with van der Waals surface area (Å²) in [6, 6.07) is 7.24. The maximum Gasteiger partial charge on any atom is 0.0618 e. The van der Waals surface area contributed by atoms with Gasteiger partial charge in [0.2, 0.25) is 0 Å². The lowest BCUT2D eigenvalue weighted by atomic mass is 10.3. The van der Waals surface area contributed by atoms with Crippen LogP contribution in [0.3, 0.4) is 0 Å². The van der Waals surface area contributed by atoms with Crippen LogP contribution >= 0.6 is 15.9 Å². The van der Waals surface area contributed by atoms with Gasteiger partial charge in [-0.2, -0.15) is 5.10 Å². The smallest absolute Gasteiger partial charge is 0.0618 e. The molecule has 1 unspecified atom stereocenters. The third kappa shape index (κ3) is 3.17. The second-order valence-electron chi connectivity index (χ2n) is 3.50. The number of nitrogens with two attached hydrogens (primary N) is 1. The third-order valence-corrected chi connectivity index (χ3v) is 4.19. The highest BCUT2D eigenvalue weighted by Crippen LogP contribution is 2.21. The number of rotatable bonds is 4. The first-order valence-corrected chi connectivity index (χ1v) is 7.19. The Bertz CT molecular complexity index is 528. The van der Waals surface area contributed by atoms with Gasteiger partial charge >= 0.3 is 0 Å². The van der Waals surface area contributed by atoms with Gasteiger partial charge in [0.1, 0.15) is 0 Å². The van der Waals surface area contributed by atoms with E-state index in [1.807, 2.05) is 18.3 Å². The van der Waals surface area contributed by atoms with Crippen molar-refractivity contribution in [3.8, 4) is 0 Å². The van der Waals surface area contributed by atoms with E-state index < -0.39 is 10.8 Å². The van der Waals surface area contributed by atoms with E-state index in [1.165, 1.54) is 0 Å². The van der Waals surface area contributed by atoms with Crippen LogP contribution in [0.25, 0.3) is 0 Å². The average Bonchev–Trinajstić information content (AvgIpc) is 2.78. The van der Waals surface area contributed by atoms with Gasteiger partial charge in [0.15, 0.2) is 0 Å². The fourth-order valence-electron chi connectivity index (χ4n) is 1.45. The van der Waals surface area contributed by atoms with Crippen LogP contribution in [0.4, 0.5) is 5.69 Å². The monoisotopic (exact) mass is 313 g/mol. The van der Waals surface area contributed by atoms with Gasteiger partial charge in [0.05, 0.1) is 22.2 Å². The summed E-state index contributed by atoms with van der Waals surface area (Å²) in [5.41, 5.74) is 6.38. The van der Waals surface area contributed by atoms with Crippen molar-refractivity contribution in [2.24, 2.45) is 0 Å². The molecule has 0 amide bonds. The Kier molecular flexibility index (Phi) is 3.96. The van der Waals surface area contributed by atoms with Crippen LogP contribution in [0.1, 0.15) is 0 Å². The predicted octanol–water partition coefficient (Wildman–Crippen LogP) is 2.04. The van der Waals surface area contributed by atoms with Gasteiger partial charge in [-0.15, -0.1) is 0 Å². The maximum atomic E-state index is 12.0. The largest absolute Gasteiger partial charge is 0.398 e. The predicted molar refractivity (Wildman–Crippen MR) is 72.1 cm³/mol. The summed E-state index contributed by atoms with van der Waals surface area (Å²) < 4.78 is 14.7. The Morgan fingerprint density at radius 1 is 1.47 bits per heavy atom. The van der Waals surface area contributed by atoms with Gasteiger partial charge in [0.25, 0.3) is 0 Å². The molecular weight excluding hydrogens is 302 g/mol. The highest BCUT2D eigenvalue weighted by Gasteiger charge is 2.08. The summed E-state index contributed by atoms with van der Waals surface area (Å²) in [7, 11) is -1.09. The molecule has 1 aromatic carbocycles. The number of nitrogens with zero attached hydrogens (tertiary/aromatic N) is 2. The minimum Gasteiger partial charge on any atom is -0.398 e. The topological polar surface area (TPSA) is 60.9 Å². The molecule has 0 saturated heterocycles. The van der Waals surface area contributed by atoms with Crippen molar-refractivity contribution in [1.82, 2.24) is 9.78 Å². The SMILES string of the molecule is Nc1cc(Br)ccc1S(=O)CCn1cccn1. The zero-order valence-corrected chi connectivity index (χ0v) is 11.4. The van der Waals surface area contributed by atoms with Crippen molar-refractivity contribution in [1.29, 1.82) is 0 Å². The number of nitrogen functional groups attached to an aromatic ring is 1. The van der Waals surface area contributed by atoms with Gasteiger partial charge in [0, 0.05) is 28.3 Å². The maximum absolute atomic E-state index is 12.0. The van der Waals surface area contributed by atoms with Crippen molar-refractivity contribution in [2.75, 3.05) is 11.5 Å². The number of benzene rings is 1. The highest BCUT2D eigenvalue weighted by molar-refractivity contribution is 9.10. The van der Waals surface area contributed by atoms with Gasteiger partial charge in [-0.1, -0.05) is 15.9 Å². The van der Waals surface area contributed by atoms with Crippen LogP contribution in [0.5, 0.6) is 0 Å². The van der Waals surface area contributed by atoms with Crippen molar-refractivity contribution in [3.63, 3.8) is 0 Å². The lowest BCUT2D eigenvalue weighted by Crippen LogP contribution is -2.09. The second kappa shape index (κ2) is 5.46. The van der Waals surface area contributed by atoms with Crippen molar-refractivity contribution < 1.29 is 4.21 Å². The molecule has 90 valence electrons. The molecule has 1 heterocycles. The Balaban J connectivity index is 2.04. The lowest BCUT2D eigenvalue weighted by Gasteiger charge is -2.06. The number of anilines is 1. The Hall–Kier alpha value is -1.14. The number of aryl methyl sites for hydroxylation is 1. The molecule has 0 aliphatic rings. The molecule has 1 aromatic heterocycles. The van der Waals surface area contributed by atoms with Gasteiger partial charge in [-0.3, -0.25) is 8.89 Å². The van der Waals surface area contributed by atoms with Crippen LogP contribution < -0.4 is 5.73 Å². The van der Waals surface area contributed by atoms with E-state index >= 15 is 0 Å². The van der Waals surface area contributed by atoms with Crippen LogP contribution in [-0.4, -0.2) is 19.7 Å². The molecule has 1 atom stereocenters. The van der Waals surface area contributed by atoms with Gasteiger partial charge in [-0.05, 0) is 24.3 Å². The normalized spacial score (nSPS) is 12.5. The summed E-state index contributed by atoms with van der Waals surface area (Å²) in [6.45, 7) is 0.620. The van der Waals surface area contributed by atoms with Crippen LogP contribution in [-0.2, 0) is 17.3 Å². The molecular formula is C11H12BrN3OS. The molecule has 2 N–H and O–H groups in total. The van der Waals surface area contributed by atoms with E-state index in [4.69, 9.17) is 5.73 Å². The number of hydrogen-bond donors (Lipinski definition) is 1. The first-order valence-electron chi connectivity index (χ1n) is 5.07. The zero-order valence-electron chi connectivity index (χ0n) is 9.04.